The van der Waals surface area contributed by atoms with Crippen molar-refractivity contribution in [1.29, 1.82) is 5.41 Å². The van der Waals surface area contributed by atoms with Crippen LogP contribution in [0.15, 0.2) is 48.5 Å². The van der Waals surface area contributed by atoms with Crippen molar-refractivity contribution in [3.05, 3.63) is 59.7 Å². The summed E-state index contributed by atoms with van der Waals surface area (Å²) in [6.45, 7) is 7.59. The number of ketones is 1. The Labute approximate surface area is 204 Å². The van der Waals surface area contributed by atoms with E-state index in [0.29, 0.717) is 23.5 Å². The second-order valence-electron chi connectivity index (χ2n) is 7.39. The number of esters is 1. The molecule has 0 spiro atoms. The van der Waals surface area contributed by atoms with Crippen molar-refractivity contribution in [3.63, 3.8) is 0 Å². The van der Waals surface area contributed by atoms with Gasteiger partial charge in [-0.1, -0.05) is 26.0 Å². The number of imidazole rings is 1. The van der Waals surface area contributed by atoms with Crippen molar-refractivity contribution in [2.75, 3.05) is 33.4 Å². The molecule has 3 aromatic rings. The Hall–Kier alpha value is -2.91. The van der Waals surface area contributed by atoms with E-state index in [1.54, 1.807) is 28.8 Å². The summed E-state index contributed by atoms with van der Waals surface area (Å²) in [4.78, 5) is 26.5. The van der Waals surface area contributed by atoms with Crippen molar-refractivity contribution >= 4 is 39.8 Å². The first-order chi connectivity index (χ1) is 15.5. The van der Waals surface area contributed by atoms with Crippen LogP contribution in [0.2, 0.25) is 0 Å². The van der Waals surface area contributed by atoms with Crippen molar-refractivity contribution in [2.24, 2.45) is 0 Å². The summed E-state index contributed by atoms with van der Waals surface area (Å²) in [6, 6.07) is 14.4. The molecule has 0 amide bonds. The van der Waals surface area contributed by atoms with Gasteiger partial charge in [0.05, 0.1) is 24.7 Å². The van der Waals surface area contributed by atoms with Gasteiger partial charge in [0.15, 0.2) is 12.4 Å². The van der Waals surface area contributed by atoms with Gasteiger partial charge in [0.1, 0.15) is 5.75 Å². The van der Waals surface area contributed by atoms with E-state index in [1.165, 1.54) is 7.11 Å². The zero-order valence-corrected chi connectivity index (χ0v) is 21.0. The lowest BCUT2D eigenvalue weighted by Gasteiger charge is -2.18. The lowest BCUT2D eigenvalue weighted by molar-refractivity contribution is -0.142. The third kappa shape index (κ3) is 6.33. The summed E-state index contributed by atoms with van der Waals surface area (Å²) >= 11 is 0. The van der Waals surface area contributed by atoms with Gasteiger partial charge in [-0.2, -0.15) is 0 Å². The zero-order chi connectivity index (χ0) is 23.1. The number of nitrogens with one attached hydrogen (secondary N) is 1. The Morgan fingerprint density at radius 2 is 1.58 bits per heavy atom. The number of ether oxygens (including phenoxy) is 2. The molecule has 0 atom stereocenters. The lowest BCUT2D eigenvalue weighted by atomic mass is 10.1. The van der Waals surface area contributed by atoms with E-state index in [4.69, 9.17) is 10.1 Å². The minimum atomic E-state index is -0.470. The maximum atomic E-state index is 13.0. The Balaban J connectivity index is 0.00000385. The van der Waals surface area contributed by atoms with Crippen LogP contribution in [0.1, 0.15) is 24.2 Å². The molecule has 0 saturated heterocycles. The van der Waals surface area contributed by atoms with Crippen LogP contribution in [0.5, 0.6) is 5.75 Å². The van der Waals surface area contributed by atoms with Gasteiger partial charge in [0.2, 0.25) is 5.62 Å². The van der Waals surface area contributed by atoms with Crippen molar-refractivity contribution in [2.45, 2.75) is 26.9 Å². The topological polar surface area (TPSA) is 89.5 Å². The monoisotopic (exact) mass is 518 g/mol. The summed E-state index contributed by atoms with van der Waals surface area (Å²) in [5.74, 6) is -0.0923. The molecule has 0 radical (unpaired) electrons. The Morgan fingerprint density at radius 1 is 0.970 bits per heavy atom. The van der Waals surface area contributed by atoms with E-state index in [-0.39, 0.29) is 35.9 Å². The SMILES string of the molecule is Br.CCN(CC)CCn1c(=N)n(CC(=O)c2ccc(OCC(=O)OC)cc2)c2ccccc21. The molecule has 178 valence electrons. The molecule has 0 aliphatic carbocycles. The van der Waals surface area contributed by atoms with Crippen LogP contribution in [-0.4, -0.2) is 59.1 Å². The molecule has 1 N–H and O–H groups in total. The standard InChI is InChI=1S/C24H30N4O4.BrH/c1-4-26(5-2)14-15-27-20-8-6-7-9-21(20)28(24(27)25)16-22(29)18-10-12-19(13-11-18)32-17-23(30)31-3;/h6-13,25H,4-5,14-17H2,1-3H3;1H. The van der Waals surface area contributed by atoms with Crippen LogP contribution in [-0.2, 0) is 22.6 Å². The number of Topliss-reactive ketones (excluding diaryl/α,β-unsaturated/α-hetero) is 1. The number of hydrogen-bond donors (Lipinski definition) is 1. The van der Waals surface area contributed by atoms with E-state index in [2.05, 4.69) is 23.5 Å². The van der Waals surface area contributed by atoms with Gasteiger partial charge in [-0.25, -0.2) is 4.79 Å². The number of aromatic nitrogens is 2. The smallest absolute Gasteiger partial charge is 0.343 e. The fourth-order valence-corrected chi connectivity index (χ4v) is 3.64. The number of para-hydroxylation sites is 2. The summed E-state index contributed by atoms with van der Waals surface area (Å²) in [5.41, 5.74) is 2.64. The number of carbonyl (C=O) groups is 2. The van der Waals surface area contributed by atoms with Gasteiger partial charge in [-0.05, 0) is 49.5 Å². The zero-order valence-electron chi connectivity index (χ0n) is 19.2. The number of hydrogen-bond acceptors (Lipinski definition) is 6. The largest absolute Gasteiger partial charge is 0.482 e. The molecule has 1 heterocycles. The molecule has 3 rings (SSSR count). The van der Waals surface area contributed by atoms with Crippen LogP contribution in [0.4, 0.5) is 0 Å². The number of carbonyl (C=O) groups excluding carboxylic acids is 2. The van der Waals surface area contributed by atoms with E-state index >= 15 is 0 Å². The lowest BCUT2D eigenvalue weighted by Crippen LogP contribution is -2.32. The predicted molar refractivity (Wildman–Crippen MR) is 132 cm³/mol. The van der Waals surface area contributed by atoms with Crippen molar-refractivity contribution in [1.82, 2.24) is 14.0 Å². The van der Waals surface area contributed by atoms with E-state index in [1.807, 2.05) is 28.8 Å². The van der Waals surface area contributed by atoms with Crippen molar-refractivity contribution < 1.29 is 19.1 Å². The summed E-state index contributed by atoms with van der Waals surface area (Å²) in [5, 5.41) is 8.73. The van der Waals surface area contributed by atoms with Gasteiger partial charge in [-0.15, -0.1) is 17.0 Å². The fraction of sp³-hybridized carbons (Fsp3) is 0.375. The normalized spacial score (nSPS) is 10.8. The first-order valence-electron chi connectivity index (χ1n) is 10.8. The molecule has 0 saturated carbocycles. The second-order valence-corrected chi connectivity index (χ2v) is 7.39. The number of benzene rings is 2. The molecular weight excluding hydrogens is 488 g/mol. The first kappa shape index (κ1) is 26.3. The molecule has 1 aromatic heterocycles. The number of methoxy groups -OCH3 is 1. The summed E-state index contributed by atoms with van der Waals surface area (Å²) < 4.78 is 13.6. The highest BCUT2D eigenvalue weighted by Crippen LogP contribution is 2.16. The second kappa shape index (κ2) is 12.4. The number of fused-ring (bicyclic) bond motifs is 1. The minimum absolute atomic E-state index is 0. The number of likely N-dealkylation sites (N-methyl/N-ethyl adjacent to an activating group) is 1. The molecule has 0 bridgehead atoms. The molecule has 0 aliphatic rings. The quantitative estimate of drug-likeness (QED) is 0.310. The Morgan fingerprint density at radius 3 is 2.15 bits per heavy atom. The third-order valence-corrected chi connectivity index (χ3v) is 5.57. The molecular formula is C24H31BrN4O4. The van der Waals surface area contributed by atoms with Crippen LogP contribution < -0.4 is 10.4 Å². The predicted octanol–water partition coefficient (Wildman–Crippen LogP) is 3.28. The highest BCUT2D eigenvalue weighted by atomic mass is 79.9. The molecule has 9 heteroatoms. The third-order valence-electron chi connectivity index (χ3n) is 5.57. The van der Waals surface area contributed by atoms with Crippen LogP contribution in [0.3, 0.4) is 0 Å². The van der Waals surface area contributed by atoms with Crippen LogP contribution in [0.25, 0.3) is 11.0 Å². The van der Waals surface area contributed by atoms with Gasteiger partial charge in [0.25, 0.3) is 0 Å². The highest BCUT2D eigenvalue weighted by Gasteiger charge is 2.15. The summed E-state index contributed by atoms with van der Waals surface area (Å²) in [6.07, 6.45) is 0. The molecule has 2 aromatic carbocycles. The highest BCUT2D eigenvalue weighted by molar-refractivity contribution is 8.93. The van der Waals surface area contributed by atoms with Crippen LogP contribution >= 0.6 is 17.0 Å². The minimum Gasteiger partial charge on any atom is -0.482 e. The van der Waals surface area contributed by atoms with E-state index in [0.717, 1.165) is 30.7 Å². The average Bonchev–Trinajstić information content (AvgIpc) is 3.09. The number of halogens is 1. The molecule has 0 aliphatic heterocycles. The average molecular weight is 519 g/mol. The van der Waals surface area contributed by atoms with Gasteiger partial charge < -0.3 is 23.5 Å². The van der Waals surface area contributed by atoms with Gasteiger partial charge >= 0.3 is 5.97 Å². The maximum Gasteiger partial charge on any atom is 0.343 e. The number of nitrogens with zero attached hydrogens (tertiary/aromatic N) is 3. The molecule has 8 nitrogen and oxygen atoms in total. The number of rotatable bonds is 11. The fourth-order valence-electron chi connectivity index (χ4n) is 3.64. The van der Waals surface area contributed by atoms with E-state index < -0.39 is 5.97 Å². The molecule has 33 heavy (non-hydrogen) atoms. The Bertz CT molecular complexity index is 1130. The van der Waals surface area contributed by atoms with Crippen molar-refractivity contribution in [3.8, 4) is 5.75 Å². The first-order valence-corrected chi connectivity index (χ1v) is 10.8. The van der Waals surface area contributed by atoms with Crippen LogP contribution in [0, 0.1) is 5.41 Å². The summed E-state index contributed by atoms with van der Waals surface area (Å²) in [7, 11) is 1.30. The maximum absolute atomic E-state index is 13.0. The Kier molecular flexibility index (Phi) is 9.87. The van der Waals surface area contributed by atoms with E-state index in [9.17, 15) is 9.59 Å². The molecule has 0 unspecified atom stereocenters. The van der Waals surface area contributed by atoms with Gasteiger partial charge in [-0.3, -0.25) is 10.2 Å². The van der Waals surface area contributed by atoms with Gasteiger partial charge in [0, 0.05) is 18.7 Å². The molecule has 0 fully saturated rings.